The molecule has 0 radical (unpaired) electrons. The van der Waals surface area contributed by atoms with E-state index in [0.29, 0.717) is 31.8 Å². The van der Waals surface area contributed by atoms with Gasteiger partial charge in [0.1, 0.15) is 5.14 Å². The normalized spacial score (nSPS) is 12.7. The van der Waals surface area contributed by atoms with Crippen LogP contribution in [0.25, 0.3) is 0 Å². The fourth-order valence-electron chi connectivity index (χ4n) is 6.21. The minimum Gasteiger partial charge on any atom is -0.312 e. The van der Waals surface area contributed by atoms with Gasteiger partial charge in [0.05, 0.1) is 0 Å². The summed E-state index contributed by atoms with van der Waals surface area (Å²) in [5.74, 6) is 0. The Kier molecular flexibility index (Phi) is 17.1. The van der Waals surface area contributed by atoms with Crippen LogP contribution >= 0.6 is 46.2 Å². The molecule has 0 N–H and O–H groups in total. The van der Waals surface area contributed by atoms with E-state index in [0.717, 1.165) is 0 Å². The van der Waals surface area contributed by atoms with Gasteiger partial charge in [0, 0.05) is 58.0 Å². The maximum atomic E-state index is 16.6. The van der Waals surface area contributed by atoms with Crippen molar-refractivity contribution in [3.8, 4) is 0 Å². The van der Waals surface area contributed by atoms with Crippen molar-refractivity contribution in [1.82, 2.24) is 0 Å². The van der Waals surface area contributed by atoms with Crippen LogP contribution in [0, 0.1) is 6.08 Å². The van der Waals surface area contributed by atoms with Crippen molar-refractivity contribution >= 4 is 93.8 Å². The molecule has 0 aliphatic carbocycles. The molecule has 0 amide bonds. The van der Waals surface area contributed by atoms with Gasteiger partial charge in [-0.05, 0) is 0 Å². The van der Waals surface area contributed by atoms with Crippen molar-refractivity contribution in [2.24, 2.45) is 0 Å². The van der Waals surface area contributed by atoms with E-state index < -0.39 is 26.6 Å². The zero-order chi connectivity index (χ0) is 34.2. The largest absolute Gasteiger partial charge is 0.312 e. The first-order valence-corrected chi connectivity index (χ1v) is 23.6. The third kappa shape index (κ3) is 9.06. The molecule has 0 spiro atoms. The van der Waals surface area contributed by atoms with Gasteiger partial charge in [0.2, 0.25) is 0 Å². The predicted molar refractivity (Wildman–Crippen MR) is 226 cm³/mol. The zero-order valence-electron chi connectivity index (χ0n) is 28.4. The second kappa shape index (κ2) is 20.3. The number of hydrogen-bond donors (Lipinski definition) is 0. The molecule has 1 unspecified atom stereocenters. The number of benzene rings is 6. The molecule has 52 heavy (non-hydrogen) atoms. The molecule has 0 fully saturated rings. The fraction of sp³-hybridized carbons (Fsp3) is 0.0476. The molecule has 0 bridgehead atoms. The Morgan fingerprint density at radius 2 is 0.635 bits per heavy atom. The zero-order valence-corrected chi connectivity index (χ0v) is 37.3. The Bertz CT molecular complexity index is 1830. The van der Waals surface area contributed by atoms with Gasteiger partial charge in [-0.1, -0.05) is 182 Å². The van der Waals surface area contributed by atoms with Crippen LogP contribution in [0.3, 0.4) is 0 Å². The molecule has 1 aliphatic rings. The van der Waals surface area contributed by atoms with E-state index in [-0.39, 0.29) is 66.8 Å². The third-order valence-corrected chi connectivity index (χ3v) is 24.6. The molecule has 1 atom stereocenters. The second-order valence-corrected chi connectivity index (χ2v) is 24.3. The number of rotatable bonds is 9. The second-order valence-electron chi connectivity index (χ2n) is 11.6. The first-order valence-electron chi connectivity index (χ1n) is 16.0. The standard InChI is InChI=1S/C37H31O3P3.C5H6As.2ClH.Zr/c38-41(31-19-7-1-8-20-31,32-21-9-2-10-22-32)37(42(39,33-23-11-3-12-24-33)34-25-13-4-14-26-34)43(40,35-27-15-5-16-28-35)36-29-17-6-18-30-36;1-5-3-2-4-6-5;;;/h1-30,37H;2,4,6H,1H3;2*1H;/q;-1;;;. The summed E-state index contributed by atoms with van der Waals surface area (Å²) in [7, 11) is -11.9. The van der Waals surface area contributed by atoms with E-state index in [1.807, 2.05) is 188 Å². The minimum absolute atomic E-state index is 0. The van der Waals surface area contributed by atoms with Crippen molar-refractivity contribution in [3.63, 3.8) is 0 Å². The molecule has 3 nitrogen and oxygen atoms in total. The van der Waals surface area contributed by atoms with Crippen LogP contribution in [0.1, 0.15) is 6.92 Å². The van der Waals surface area contributed by atoms with Crippen LogP contribution in [0.4, 0.5) is 0 Å². The van der Waals surface area contributed by atoms with Gasteiger partial charge in [-0.3, -0.25) is 0 Å². The summed E-state index contributed by atoms with van der Waals surface area (Å²) >= 11 is 0.194. The van der Waals surface area contributed by atoms with Crippen LogP contribution in [-0.4, -0.2) is 20.9 Å². The summed E-state index contributed by atoms with van der Waals surface area (Å²) in [6, 6.07) is 55.2. The van der Waals surface area contributed by atoms with Crippen LogP contribution in [0.5, 0.6) is 0 Å². The Morgan fingerprint density at radius 3 is 0.769 bits per heavy atom. The first kappa shape index (κ1) is 43.9. The monoisotopic (exact) mass is 919 g/mol. The first-order chi connectivity index (χ1) is 23.9. The molecule has 0 saturated heterocycles. The van der Waals surface area contributed by atoms with Crippen molar-refractivity contribution in [2.45, 2.75) is 12.1 Å². The molecule has 7 rings (SSSR count). The average Bonchev–Trinajstić information content (AvgIpc) is 3.67. The van der Waals surface area contributed by atoms with Crippen LogP contribution in [0.2, 0.25) is 0 Å². The molecule has 1 heterocycles. The number of allylic oxidation sites excluding steroid dienone is 3. The molecule has 6 aromatic rings. The van der Waals surface area contributed by atoms with Gasteiger partial charge in [-0.2, -0.15) is 0 Å². The molecule has 6 aromatic carbocycles. The topological polar surface area (TPSA) is 51.2 Å². The average molecular weight is 922 g/mol. The molecular weight excluding hydrogens is 882 g/mol. The molecule has 10 heteroatoms. The van der Waals surface area contributed by atoms with Crippen molar-refractivity contribution in [3.05, 3.63) is 203 Å². The predicted octanol–water partition coefficient (Wildman–Crippen LogP) is 8.81. The smallest absolute Gasteiger partial charge is 0.161 e. The molecular formula is C42H39AsCl2O3P3Zr-. The fourth-order valence-corrected chi connectivity index (χ4v) is 23.9. The maximum Gasteiger partial charge on any atom is 0.161 e. The van der Waals surface area contributed by atoms with Crippen molar-refractivity contribution in [2.75, 3.05) is 0 Å². The van der Waals surface area contributed by atoms with E-state index in [1.54, 1.807) is 0 Å². The van der Waals surface area contributed by atoms with Gasteiger partial charge < -0.3 is 13.7 Å². The SMILES string of the molecule is CC1=[C-]C=C[AsH]1.Cl.Cl.O=P(c1ccccc1)(c1ccccc1)C(P(=O)(c1ccccc1)c1ccccc1)P(=O)(c1ccccc1)c1ccccc1.[Zr]. The van der Waals surface area contributed by atoms with Crippen LogP contribution in [-0.2, 0) is 39.9 Å². The summed E-state index contributed by atoms with van der Waals surface area (Å²) in [4.78, 5) is 2.23. The summed E-state index contributed by atoms with van der Waals surface area (Å²) in [5.41, 5.74) is 0. The number of halogens is 2. The summed E-state index contributed by atoms with van der Waals surface area (Å²) < 4.78 is 51.1. The molecule has 0 saturated carbocycles. The summed E-state index contributed by atoms with van der Waals surface area (Å²) in [6.45, 7) is 2.14. The summed E-state index contributed by atoms with van der Waals surface area (Å²) in [6.07, 6.45) is 5.13. The molecule has 1 aliphatic heterocycles. The molecule has 0 aromatic heterocycles. The number of hydrogen-bond acceptors (Lipinski definition) is 3. The van der Waals surface area contributed by atoms with Gasteiger partial charge in [0.15, 0.2) is 21.4 Å². The van der Waals surface area contributed by atoms with E-state index in [2.05, 4.69) is 17.9 Å². The van der Waals surface area contributed by atoms with Crippen molar-refractivity contribution < 1.29 is 39.9 Å². The quantitative estimate of drug-likeness (QED) is 0.0829. The Balaban J connectivity index is 0.000000738. The van der Waals surface area contributed by atoms with Gasteiger partial charge >= 0.3 is 44.1 Å². The van der Waals surface area contributed by atoms with E-state index in [1.165, 1.54) is 4.36 Å². The Labute approximate surface area is 346 Å². The van der Waals surface area contributed by atoms with Gasteiger partial charge in [0.25, 0.3) is 0 Å². The van der Waals surface area contributed by atoms with Gasteiger partial charge in [-0.15, -0.1) is 24.8 Å². The molecule has 264 valence electrons. The summed E-state index contributed by atoms with van der Waals surface area (Å²) in [5, 5.41) is 1.80. The van der Waals surface area contributed by atoms with E-state index in [4.69, 9.17) is 0 Å². The van der Waals surface area contributed by atoms with Crippen molar-refractivity contribution in [1.29, 1.82) is 0 Å². The van der Waals surface area contributed by atoms with Crippen LogP contribution in [0.15, 0.2) is 197 Å². The van der Waals surface area contributed by atoms with Gasteiger partial charge in [-0.25, -0.2) is 0 Å². The maximum absolute atomic E-state index is 16.6. The van der Waals surface area contributed by atoms with E-state index in [9.17, 15) is 0 Å². The third-order valence-electron chi connectivity index (χ3n) is 8.50. The minimum atomic E-state index is -3.97. The van der Waals surface area contributed by atoms with E-state index >= 15 is 13.7 Å². The Hall–Kier alpha value is -2.49. The van der Waals surface area contributed by atoms with Crippen LogP contribution < -0.4 is 31.8 Å². The Morgan fingerprint density at radius 1 is 0.423 bits per heavy atom.